The monoisotopic (exact) mass is 401 g/mol. The second kappa shape index (κ2) is 8.77. The molecule has 1 atom stereocenters. The van der Waals surface area contributed by atoms with E-state index in [1.165, 1.54) is 0 Å². The maximum Gasteiger partial charge on any atom is 0.120 e. The smallest absolute Gasteiger partial charge is 0.120 e. The number of nitrogens with one attached hydrogen (secondary N) is 1. The number of aryl methyl sites for hydroxylation is 1. The summed E-state index contributed by atoms with van der Waals surface area (Å²) in [5, 5.41) is 5.38. The van der Waals surface area contributed by atoms with Crippen LogP contribution in [-0.4, -0.2) is 51.0 Å². The third-order valence-corrected chi connectivity index (χ3v) is 5.10. The molecule has 28 heavy (non-hydrogen) atoms. The predicted molar refractivity (Wildman–Crippen MR) is 106 cm³/mol. The molecule has 1 aromatic carbocycles. The van der Waals surface area contributed by atoms with Gasteiger partial charge in [-0.3, -0.25) is 9.58 Å². The first-order valence-corrected chi connectivity index (χ1v) is 9.78. The lowest BCUT2D eigenvalue weighted by atomic mass is 10.2. The summed E-state index contributed by atoms with van der Waals surface area (Å²) in [6, 6.07) is 9.52. The Morgan fingerprint density at radius 3 is 2.96 bits per heavy atom. The number of benzene rings is 1. The van der Waals surface area contributed by atoms with Crippen LogP contribution in [0.4, 0.5) is 0 Å². The van der Waals surface area contributed by atoms with E-state index in [2.05, 4.69) is 26.0 Å². The molecule has 8 heteroatoms. The van der Waals surface area contributed by atoms with Gasteiger partial charge in [0.1, 0.15) is 17.7 Å². The number of imidazole rings is 1. The van der Waals surface area contributed by atoms with Crippen LogP contribution in [0, 0.1) is 0 Å². The first kappa shape index (κ1) is 19.0. The molecule has 7 nitrogen and oxygen atoms in total. The number of H-pyrrole nitrogens is 1. The van der Waals surface area contributed by atoms with Gasteiger partial charge < -0.3 is 14.5 Å². The van der Waals surface area contributed by atoms with Crippen LogP contribution in [0.25, 0.3) is 0 Å². The largest absolute Gasteiger partial charge is 0.493 e. The zero-order valence-corrected chi connectivity index (χ0v) is 16.6. The van der Waals surface area contributed by atoms with Gasteiger partial charge in [-0.1, -0.05) is 11.6 Å². The second-order valence-electron chi connectivity index (χ2n) is 6.87. The molecule has 0 saturated carbocycles. The number of aromatic amines is 1. The van der Waals surface area contributed by atoms with Crippen molar-refractivity contribution in [1.29, 1.82) is 0 Å². The third-order valence-electron chi connectivity index (χ3n) is 4.84. The number of rotatable bonds is 7. The van der Waals surface area contributed by atoms with Gasteiger partial charge in [0.2, 0.25) is 0 Å². The molecule has 1 unspecified atom stereocenters. The van der Waals surface area contributed by atoms with Crippen molar-refractivity contribution >= 4 is 11.6 Å². The highest BCUT2D eigenvalue weighted by Crippen LogP contribution is 2.23. The second-order valence-corrected chi connectivity index (χ2v) is 7.30. The van der Waals surface area contributed by atoms with Gasteiger partial charge in [0, 0.05) is 49.7 Å². The average molecular weight is 402 g/mol. The van der Waals surface area contributed by atoms with E-state index in [9.17, 15) is 0 Å². The normalized spacial score (nSPS) is 17.7. The molecule has 4 rings (SSSR count). The van der Waals surface area contributed by atoms with Crippen molar-refractivity contribution < 1.29 is 9.47 Å². The summed E-state index contributed by atoms with van der Waals surface area (Å²) in [6.07, 6.45) is 4.38. The summed E-state index contributed by atoms with van der Waals surface area (Å²) in [6.45, 7) is 3.76. The van der Waals surface area contributed by atoms with E-state index in [-0.39, 0.29) is 6.10 Å². The minimum absolute atomic E-state index is 0.0270. The highest BCUT2D eigenvalue weighted by molar-refractivity contribution is 6.30. The molecule has 148 valence electrons. The summed E-state index contributed by atoms with van der Waals surface area (Å²) in [7, 11) is 1.96. The van der Waals surface area contributed by atoms with Gasteiger partial charge in [0.15, 0.2) is 0 Å². The third kappa shape index (κ3) is 4.73. The van der Waals surface area contributed by atoms with Crippen LogP contribution in [-0.2, 0) is 24.8 Å². The van der Waals surface area contributed by atoms with Gasteiger partial charge in [-0.25, -0.2) is 4.98 Å². The highest BCUT2D eigenvalue weighted by Gasteiger charge is 2.25. The topological polar surface area (TPSA) is 68.2 Å². The first-order chi connectivity index (χ1) is 13.7. The Labute approximate surface area is 169 Å². The van der Waals surface area contributed by atoms with Gasteiger partial charge in [0.25, 0.3) is 0 Å². The van der Waals surface area contributed by atoms with Crippen molar-refractivity contribution in [2.75, 3.05) is 26.3 Å². The molecule has 1 saturated heterocycles. The minimum atomic E-state index is -0.0270. The molecule has 0 bridgehead atoms. The fourth-order valence-corrected chi connectivity index (χ4v) is 3.47. The van der Waals surface area contributed by atoms with E-state index < -0.39 is 0 Å². The predicted octanol–water partition coefficient (Wildman–Crippen LogP) is 2.99. The van der Waals surface area contributed by atoms with E-state index in [0.717, 1.165) is 49.0 Å². The zero-order chi connectivity index (χ0) is 19.3. The van der Waals surface area contributed by atoms with Crippen LogP contribution in [0.3, 0.4) is 0 Å². The fraction of sp³-hybridized carbons (Fsp3) is 0.400. The Morgan fingerprint density at radius 2 is 2.18 bits per heavy atom. The van der Waals surface area contributed by atoms with Gasteiger partial charge in [-0.15, -0.1) is 0 Å². The van der Waals surface area contributed by atoms with Crippen LogP contribution in [0.15, 0.2) is 42.7 Å². The summed E-state index contributed by atoms with van der Waals surface area (Å²) in [5.41, 5.74) is 2.09. The zero-order valence-electron chi connectivity index (χ0n) is 15.8. The average Bonchev–Trinajstić information content (AvgIpc) is 3.34. The number of nitrogens with zero attached hydrogens (tertiary/aromatic N) is 4. The fourth-order valence-electron chi connectivity index (χ4n) is 3.35. The van der Waals surface area contributed by atoms with Crippen LogP contribution in [0.2, 0.25) is 5.02 Å². The number of morpholine rings is 1. The van der Waals surface area contributed by atoms with Crippen LogP contribution in [0.5, 0.6) is 5.75 Å². The quantitative estimate of drug-likeness (QED) is 0.659. The van der Waals surface area contributed by atoms with Gasteiger partial charge >= 0.3 is 0 Å². The maximum atomic E-state index is 5.97. The molecular formula is C20H24ClN5O2. The number of halogens is 1. The Balaban J connectivity index is 1.33. The van der Waals surface area contributed by atoms with Gasteiger partial charge in [0.05, 0.1) is 25.5 Å². The Kier molecular flexibility index (Phi) is 5.95. The van der Waals surface area contributed by atoms with Crippen molar-refractivity contribution in [2.45, 2.75) is 19.1 Å². The molecule has 0 radical (unpaired) electrons. The minimum Gasteiger partial charge on any atom is -0.493 e. The van der Waals surface area contributed by atoms with Crippen molar-refractivity contribution in [3.63, 3.8) is 0 Å². The van der Waals surface area contributed by atoms with Gasteiger partial charge in [-0.2, -0.15) is 5.10 Å². The SMILES string of the molecule is Cn1nc(C2CN(Cc3ncc[nH]3)CCO2)cc1CCOc1ccc(Cl)cc1. The summed E-state index contributed by atoms with van der Waals surface area (Å²) in [5.74, 6) is 1.79. The van der Waals surface area contributed by atoms with E-state index in [4.69, 9.17) is 21.1 Å². The van der Waals surface area contributed by atoms with E-state index in [1.807, 2.05) is 42.2 Å². The standard InChI is InChI=1S/C20H24ClN5O2/c1-25-16(6-10-27-17-4-2-15(21)3-5-17)12-18(24-25)19-13-26(9-11-28-19)14-20-22-7-8-23-20/h2-5,7-8,12,19H,6,9-11,13-14H2,1H3,(H,22,23). The number of hydrogen-bond acceptors (Lipinski definition) is 5. The van der Waals surface area contributed by atoms with Crippen molar-refractivity contribution in [1.82, 2.24) is 24.6 Å². The number of ether oxygens (including phenoxy) is 2. The summed E-state index contributed by atoms with van der Waals surface area (Å²) < 4.78 is 13.7. The summed E-state index contributed by atoms with van der Waals surface area (Å²) in [4.78, 5) is 9.81. The van der Waals surface area contributed by atoms with E-state index in [0.29, 0.717) is 18.2 Å². The molecule has 1 aliphatic heterocycles. The van der Waals surface area contributed by atoms with Crippen LogP contribution < -0.4 is 4.74 Å². The van der Waals surface area contributed by atoms with E-state index in [1.54, 1.807) is 6.20 Å². The molecule has 3 heterocycles. The Morgan fingerprint density at radius 1 is 1.32 bits per heavy atom. The molecule has 0 amide bonds. The number of aromatic nitrogens is 4. The van der Waals surface area contributed by atoms with Crippen molar-refractivity contribution in [3.05, 3.63) is 65.0 Å². The highest BCUT2D eigenvalue weighted by atomic mass is 35.5. The number of hydrogen-bond donors (Lipinski definition) is 1. The van der Waals surface area contributed by atoms with E-state index >= 15 is 0 Å². The van der Waals surface area contributed by atoms with Crippen molar-refractivity contribution in [3.8, 4) is 5.75 Å². The molecule has 3 aromatic rings. The van der Waals surface area contributed by atoms with Crippen molar-refractivity contribution in [2.24, 2.45) is 7.05 Å². The molecular weight excluding hydrogens is 378 g/mol. The van der Waals surface area contributed by atoms with Crippen LogP contribution in [0.1, 0.15) is 23.3 Å². The maximum absolute atomic E-state index is 5.97. The first-order valence-electron chi connectivity index (χ1n) is 9.41. The molecule has 1 fully saturated rings. The summed E-state index contributed by atoms with van der Waals surface area (Å²) >= 11 is 5.90. The molecule has 1 N–H and O–H groups in total. The molecule has 1 aliphatic rings. The lowest BCUT2D eigenvalue weighted by Crippen LogP contribution is -2.38. The van der Waals surface area contributed by atoms with Gasteiger partial charge in [-0.05, 0) is 30.3 Å². The lowest BCUT2D eigenvalue weighted by Gasteiger charge is -2.31. The molecule has 0 spiro atoms. The molecule has 2 aromatic heterocycles. The molecule has 0 aliphatic carbocycles. The lowest BCUT2D eigenvalue weighted by molar-refractivity contribution is -0.0358. The van der Waals surface area contributed by atoms with Crippen LogP contribution >= 0.6 is 11.6 Å². The Hall–Kier alpha value is -2.35. The Bertz CT molecular complexity index is 879.